The van der Waals surface area contributed by atoms with Gasteiger partial charge in [-0.2, -0.15) is 10.2 Å². The number of aromatic nitrogens is 4. The van der Waals surface area contributed by atoms with Gasteiger partial charge in [0.05, 0.1) is 23.3 Å². The van der Waals surface area contributed by atoms with Crippen molar-refractivity contribution >= 4 is 16.7 Å². The Kier molecular flexibility index (Phi) is 3.33. The molecule has 5 nitrogen and oxygen atoms in total. The van der Waals surface area contributed by atoms with Crippen LogP contribution in [0, 0.1) is 6.92 Å². The molecule has 0 amide bonds. The molecule has 0 atom stereocenters. The average molecular weight is 282 g/mol. The summed E-state index contributed by atoms with van der Waals surface area (Å²) >= 11 is 0. The summed E-state index contributed by atoms with van der Waals surface area (Å²) in [4.78, 5) is 12.5. The van der Waals surface area contributed by atoms with Gasteiger partial charge in [-0.15, -0.1) is 0 Å². The number of hydrogen-bond acceptors (Lipinski definition) is 3. The number of nitrogens with zero attached hydrogens (tertiary/aromatic N) is 4. The molecule has 0 bridgehead atoms. The van der Waals surface area contributed by atoms with Crippen LogP contribution in [0.25, 0.3) is 10.9 Å². The van der Waals surface area contributed by atoms with Crippen molar-refractivity contribution in [3.63, 3.8) is 0 Å². The Morgan fingerprint density at radius 3 is 2.76 bits per heavy atom. The van der Waals surface area contributed by atoms with E-state index < -0.39 is 0 Å². The Morgan fingerprint density at radius 1 is 1.24 bits per heavy atom. The van der Waals surface area contributed by atoms with E-state index in [-0.39, 0.29) is 5.78 Å². The fourth-order valence-electron chi connectivity index (χ4n) is 2.67. The third kappa shape index (κ3) is 2.35. The number of carbonyl (C=O) groups excluding carboxylic acids is 1. The second-order valence-electron chi connectivity index (χ2n) is 5.17. The van der Waals surface area contributed by atoms with Crippen LogP contribution in [0.15, 0.2) is 30.3 Å². The lowest BCUT2D eigenvalue weighted by atomic mass is 10.1. The molecule has 0 saturated carbocycles. The van der Waals surface area contributed by atoms with Crippen molar-refractivity contribution in [1.82, 2.24) is 19.6 Å². The Morgan fingerprint density at radius 2 is 2.00 bits per heavy atom. The monoisotopic (exact) mass is 282 g/mol. The van der Waals surface area contributed by atoms with Gasteiger partial charge in [0.2, 0.25) is 0 Å². The molecule has 0 saturated heterocycles. The average Bonchev–Trinajstić information content (AvgIpc) is 3.01. The van der Waals surface area contributed by atoms with Gasteiger partial charge in [0, 0.05) is 19.0 Å². The van der Waals surface area contributed by atoms with E-state index in [0.29, 0.717) is 18.7 Å². The van der Waals surface area contributed by atoms with Crippen LogP contribution in [-0.2, 0) is 20.0 Å². The second kappa shape index (κ2) is 5.16. The van der Waals surface area contributed by atoms with Gasteiger partial charge in [-0.05, 0) is 26.0 Å². The van der Waals surface area contributed by atoms with Gasteiger partial charge in [0.1, 0.15) is 5.69 Å². The molecule has 5 heteroatoms. The van der Waals surface area contributed by atoms with Crippen LogP contribution in [0.1, 0.15) is 28.8 Å². The van der Waals surface area contributed by atoms with Gasteiger partial charge < -0.3 is 0 Å². The van der Waals surface area contributed by atoms with Gasteiger partial charge in [-0.3, -0.25) is 14.2 Å². The minimum absolute atomic E-state index is 0.0568. The molecule has 2 aromatic heterocycles. The minimum atomic E-state index is 0.0568. The zero-order valence-electron chi connectivity index (χ0n) is 12.5. The van der Waals surface area contributed by atoms with Crippen molar-refractivity contribution in [2.24, 2.45) is 7.05 Å². The molecule has 108 valence electrons. The molecule has 0 aliphatic rings. The molecule has 0 unspecified atom stereocenters. The van der Waals surface area contributed by atoms with Gasteiger partial charge in [0.15, 0.2) is 5.78 Å². The summed E-state index contributed by atoms with van der Waals surface area (Å²) in [5.74, 6) is 0.0568. The smallest absolute Gasteiger partial charge is 0.186 e. The summed E-state index contributed by atoms with van der Waals surface area (Å²) < 4.78 is 3.57. The highest BCUT2D eigenvalue weighted by molar-refractivity contribution is 5.98. The van der Waals surface area contributed by atoms with E-state index in [2.05, 4.69) is 10.2 Å². The molecule has 2 heterocycles. The maximum atomic E-state index is 12.5. The lowest BCUT2D eigenvalue weighted by molar-refractivity contribution is 0.0982. The quantitative estimate of drug-likeness (QED) is 0.691. The fraction of sp³-hybridized carbons (Fsp3) is 0.312. The SMILES string of the molecule is CCn1nc(C)cc1C(=O)Cc1nn(C)c2ccccc12. The van der Waals surface area contributed by atoms with Gasteiger partial charge in [-0.1, -0.05) is 18.2 Å². The van der Waals surface area contributed by atoms with Crippen LogP contribution in [-0.4, -0.2) is 25.3 Å². The van der Waals surface area contributed by atoms with E-state index in [9.17, 15) is 4.79 Å². The number of hydrogen-bond donors (Lipinski definition) is 0. The number of carbonyl (C=O) groups is 1. The van der Waals surface area contributed by atoms with Crippen molar-refractivity contribution in [2.45, 2.75) is 26.8 Å². The third-order valence-corrected chi connectivity index (χ3v) is 3.65. The van der Waals surface area contributed by atoms with Crippen LogP contribution < -0.4 is 0 Å². The van der Waals surface area contributed by atoms with Gasteiger partial charge in [-0.25, -0.2) is 0 Å². The van der Waals surface area contributed by atoms with Gasteiger partial charge in [0.25, 0.3) is 0 Å². The van der Waals surface area contributed by atoms with Crippen molar-refractivity contribution in [3.8, 4) is 0 Å². The first-order valence-corrected chi connectivity index (χ1v) is 7.08. The molecule has 0 spiro atoms. The molecular formula is C16H18N4O. The largest absolute Gasteiger partial charge is 0.292 e. The first-order valence-electron chi connectivity index (χ1n) is 7.08. The van der Waals surface area contributed by atoms with Crippen molar-refractivity contribution in [2.75, 3.05) is 0 Å². The summed E-state index contributed by atoms with van der Waals surface area (Å²) in [6, 6.07) is 9.81. The van der Waals surface area contributed by atoms with Crippen LogP contribution >= 0.6 is 0 Å². The highest BCUT2D eigenvalue weighted by Crippen LogP contribution is 2.19. The molecule has 0 fully saturated rings. The Bertz CT molecular complexity index is 813. The molecular weight excluding hydrogens is 264 g/mol. The predicted octanol–water partition coefficient (Wildman–Crippen LogP) is 2.52. The van der Waals surface area contributed by atoms with Crippen molar-refractivity contribution in [3.05, 3.63) is 47.4 Å². The van der Waals surface area contributed by atoms with Crippen LogP contribution in [0.2, 0.25) is 0 Å². The molecule has 0 N–H and O–H groups in total. The van der Waals surface area contributed by atoms with E-state index in [1.807, 2.05) is 55.9 Å². The number of para-hydroxylation sites is 1. The molecule has 21 heavy (non-hydrogen) atoms. The van der Waals surface area contributed by atoms with Crippen LogP contribution in [0.5, 0.6) is 0 Å². The molecule has 3 rings (SSSR count). The lowest BCUT2D eigenvalue weighted by Gasteiger charge is -2.02. The number of ketones is 1. The molecule has 0 aliphatic carbocycles. The maximum absolute atomic E-state index is 12.5. The lowest BCUT2D eigenvalue weighted by Crippen LogP contribution is -2.12. The van der Waals surface area contributed by atoms with E-state index in [1.165, 1.54) is 0 Å². The topological polar surface area (TPSA) is 52.7 Å². The van der Waals surface area contributed by atoms with Crippen molar-refractivity contribution < 1.29 is 4.79 Å². The minimum Gasteiger partial charge on any atom is -0.292 e. The Balaban J connectivity index is 1.96. The third-order valence-electron chi connectivity index (χ3n) is 3.65. The van der Waals surface area contributed by atoms with E-state index in [1.54, 1.807) is 4.68 Å². The summed E-state index contributed by atoms with van der Waals surface area (Å²) in [5.41, 5.74) is 3.39. The molecule has 0 radical (unpaired) electrons. The zero-order chi connectivity index (χ0) is 15.0. The summed E-state index contributed by atoms with van der Waals surface area (Å²) in [6.07, 6.45) is 0.298. The van der Waals surface area contributed by atoms with E-state index in [0.717, 1.165) is 22.3 Å². The molecule has 3 aromatic rings. The fourth-order valence-corrected chi connectivity index (χ4v) is 2.67. The standard InChI is InChI=1S/C16H18N4O/c1-4-20-15(9-11(2)17-20)16(21)10-13-12-7-5-6-8-14(12)19(3)18-13/h5-9H,4,10H2,1-3H3. The predicted molar refractivity (Wildman–Crippen MR) is 81.4 cm³/mol. The number of rotatable bonds is 4. The summed E-state index contributed by atoms with van der Waals surface area (Å²) in [6.45, 7) is 4.58. The van der Waals surface area contributed by atoms with Crippen molar-refractivity contribution in [1.29, 1.82) is 0 Å². The normalized spacial score (nSPS) is 11.2. The maximum Gasteiger partial charge on any atom is 0.186 e. The number of fused-ring (bicyclic) bond motifs is 1. The van der Waals surface area contributed by atoms with Gasteiger partial charge >= 0.3 is 0 Å². The molecule has 0 aliphatic heterocycles. The van der Waals surface area contributed by atoms with E-state index >= 15 is 0 Å². The number of Topliss-reactive ketones (excluding diaryl/α,β-unsaturated/α-hetero) is 1. The second-order valence-corrected chi connectivity index (χ2v) is 5.17. The first kappa shape index (κ1) is 13.5. The van der Waals surface area contributed by atoms with Crippen LogP contribution in [0.4, 0.5) is 0 Å². The first-order chi connectivity index (χ1) is 10.1. The summed E-state index contributed by atoms with van der Waals surface area (Å²) in [7, 11) is 1.90. The van der Waals surface area contributed by atoms with Crippen LogP contribution in [0.3, 0.4) is 0 Å². The molecule has 1 aromatic carbocycles. The summed E-state index contributed by atoms with van der Waals surface area (Å²) in [5, 5.41) is 9.85. The number of aryl methyl sites for hydroxylation is 3. The Hall–Kier alpha value is -2.43. The highest BCUT2D eigenvalue weighted by atomic mass is 16.1. The van der Waals surface area contributed by atoms with E-state index in [4.69, 9.17) is 0 Å². The Labute approximate surface area is 123 Å². The number of benzene rings is 1. The zero-order valence-corrected chi connectivity index (χ0v) is 12.5. The highest BCUT2D eigenvalue weighted by Gasteiger charge is 2.17.